The van der Waals surface area contributed by atoms with Crippen molar-refractivity contribution >= 4 is 0 Å². The van der Waals surface area contributed by atoms with E-state index in [0.29, 0.717) is 24.0 Å². The van der Waals surface area contributed by atoms with Crippen molar-refractivity contribution in [3.8, 4) is 5.75 Å². The normalized spacial score (nSPS) is 23.9. The van der Waals surface area contributed by atoms with Crippen LogP contribution in [0, 0.1) is 12.7 Å². The summed E-state index contributed by atoms with van der Waals surface area (Å²) < 4.78 is 24.5. The quantitative estimate of drug-likeness (QED) is 0.893. The van der Waals surface area contributed by atoms with Gasteiger partial charge in [-0.1, -0.05) is 6.92 Å². The van der Waals surface area contributed by atoms with Gasteiger partial charge >= 0.3 is 0 Å². The molecule has 0 aliphatic carbocycles. The molecular weight excluding hydrogens is 233 g/mol. The maximum absolute atomic E-state index is 13.2. The first-order valence-corrected chi connectivity index (χ1v) is 6.44. The zero-order valence-corrected chi connectivity index (χ0v) is 10.9. The molecule has 0 bridgehead atoms. The van der Waals surface area contributed by atoms with Gasteiger partial charge in [0.2, 0.25) is 0 Å². The molecule has 2 unspecified atom stereocenters. The first-order valence-electron chi connectivity index (χ1n) is 6.44. The number of hydrogen-bond donors (Lipinski definition) is 1. The third-order valence-corrected chi connectivity index (χ3v) is 3.19. The Morgan fingerprint density at radius 3 is 3.06 bits per heavy atom. The highest BCUT2D eigenvalue weighted by Crippen LogP contribution is 2.20. The lowest BCUT2D eigenvalue weighted by Crippen LogP contribution is -2.49. The average Bonchev–Trinajstić information content (AvgIpc) is 2.37. The molecule has 0 spiro atoms. The van der Waals surface area contributed by atoms with Crippen molar-refractivity contribution in [2.24, 2.45) is 0 Å². The number of halogens is 1. The van der Waals surface area contributed by atoms with Gasteiger partial charge in [0.25, 0.3) is 0 Å². The van der Waals surface area contributed by atoms with Gasteiger partial charge in [-0.25, -0.2) is 4.39 Å². The van der Waals surface area contributed by atoms with E-state index in [4.69, 9.17) is 9.47 Å². The van der Waals surface area contributed by atoms with E-state index in [1.807, 2.05) is 0 Å². The molecule has 1 aliphatic rings. The monoisotopic (exact) mass is 253 g/mol. The molecule has 3 nitrogen and oxygen atoms in total. The lowest BCUT2D eigenvalue weighted by molar-refractivity contribution is -0.0143. The highest BCUT2D eigenvalue weighted by Gasteiger charge is 2.26. The van der Waals surface area contributed by atoms with E-state index in [-0.39, 0.29) is 11.9 Å². The highest BCUT2D eigenvalue weighted by atomic mass is 19.1. The summed E-state index contributed by atoms with van der Waals surface area (Å²) in [5.74, 6) is 0.498. The van der Waals surface area contributed by atoms with E-state index in [2.05, 4.69) is 12.2 Å². The van der Waals surface area contributed by atoms with E-state index >= 15 is 0 Å². The molecule has 18 heavy (non-hydrogen) atoms. The standard InChI is InChI=1S/C14H20FNO2/c1-3-16-13-6-7-17-9-14(13)18-11-4-5-12(15)10(2)8-11/h4-5,8,13-14,16H,3,6-7,9H2,1-2H3. The average molecular weight is 253 g/mol. The second-order valence-corrected chi connectivity index (χ2v) is 4.60. The van der Waals surface area contributed by atoms with Crippen LogP contribution in [0.4, 0.5) is 4.39 Å². The fourth-order valence-corrected chi connectivity index (χ4v) is 2.19. The molecule has 100 valence electrons. The van der Waals surface area contributed by atoms with Gasteiger partial charge in [0, 0.05) is 12.6 Å². The van der Waals surface area contributed by atoms with Crippen LogP contribution in [-0.2, 0) is 4.74 Å². The molecule has 1 fully saturated rings. The molecule has 2 rings (SSSR count). The van der Waals surface area contributed by atoms with E-state index in [1.54, 1.807) is 19.1 Å². The Kier molecular flexibility index (Phi) is 4.55. The van der Waals surface area contributed by atoms with Crippen LogP contribution in [0.2, 0.25) is 0 Å². The molecule has 1 N–H and O–H groups in total. The van der Waals surface area contributed by atoms with E-state index in [1.165, 1.54) is 6.07 Å². The number of nitrogens with one attached hydrogen (secondary N) is 1. The topological polar surface area (TPSA) is 30.5 Å². The number of aryl methyl sites for hydroxylation is 1. The number of hydrogen-bond acceptors (Lipinski definition) is 3. The van der Waals surface area contributed by atoms with Crippen LogP contribution < -0.4 is 10.1 Å². The van der Waals surface area contributed by atoms with Crippen LogP contribution in [0.3, 0.4) is 0 Å². The van der Waals surface area contributed by atoms with Crippen LogP contribution in [-0.4, -0.2) is 31.9 Å². The van der Waals surface area contributed by atoms with Crippen LogP contribution >= 0.6 is 0 Å². The summed E-state index contributed by atoms with van der Waals surface area (Å²) in [6.45, 7) is 6.07. The van der Waals surface area contributed by atoms with Crippen molar-refractivity contribution in [2.75, 3.05) is 19.8 Å². The Labute approximate surface area is 107 Å². The number of rotatable bonds is 4. The molecular formula is C14H20FNO2. The third-order valence-electron chi connectivity index (χ3n) is 3.19. The molecule has 1 heterocycles. The third kappa shape index (κ3) is 3.21. The number of benzene rings is 1. The van der Waals surface area contributed by atoms with Crippen LogP contribution in [0.25, 0.3) is 0 Å². The molecule has 1 aromatic rings. The summed E-state index contributed by atoms with van der Waals surface area (Å²) >= 11 is 0. The Hall–Kier alpha value is -1.13. The summed E-state index contributed by atoms with van der Waals surface area (Å²) in [5, 5.41) is 3.40. The van der Waals surface area contributed by atoms with Gasteiger partial charge < -0.3 is 14.8 Å². The van der Waals surface area contributed by atoms with Crippen molar-refractivity contribution in [1.82, 2.24) is 5.32 Å². The molecule has 1 saturated heterocycles. The molecule has 0 radical (unpaired) electrons. The zero-order chi connectivity index (χ0) is 13.0. The molecule has 0 saturated carbocycles. The summed E-state index contributed by atoms with van der Waals surface area (Å²) in [7, 11) is 0. The van der Waals surface area contributed by atoms with E-state index in [0.717, 1.165) is 19.6 Å². The smallest absolute Gasteiger partial charge is 0.137 e. The highest BCUT2D eigenvalue weighted by molar-refractivity contribution is 5.29. The molecule has 2 atom stereocenters. The summed E-state index contributed by atoms with van der Waals surface area (Å²) in [6.07, 6.45) is 0.933. The summed E-state index contributed by atoms with van der Waals surface area (Å²) in [6, 6.07) is 5.14. The minimum absolute atomic E-state index is 0.0106. The van der Waals surface area contributed by atoms with Gasteiger partial charge in [-0.15, -0.1) is 0 Å². The van der Waals surface area contributed by atoms with Gasteiger partial charge in [-0.3, -0.25) is 0 Å². The van der Waals surface area contributed by atoms with Gasteiger partial charge in [-0.05, 0) is 43.7 Å². The minimum atomic E-state index is -0.203. The van der Waals surface area contributed by atoms with Crippen molar-refractivity contribution < 1.29 is 13.9 Å². The fraction of sp³-hybridized carbons (Fsp3) is 0.571. The lowest BCUT2D eigenvalue weighted by atomic mass is 10.1. The van der Waals surface area contributed by atoms with Crippen molar-refractivity contribution in [1.29, 1.82) is 0 Å². The van der Waals surface area contributed by atoms with Crippen LogP contribution in [0.15, 0.2) is 18.2 Å². The number of likely N-dealkylation sites (N-methyl/N-ethyl adjacent to an activating group) is 1. The Bertz CT molecular complexity index is 395. The largest absolute Gasteiger partial charge is 0.486 e. The summed E-state index contributed by atoms with van der Waals surface area (Å²) in [5.41, 5.74) is 0.601. The van der Waals surface area contributed by atoms with Crippen LogP contribution in [0.5, 0.6) is 5.75 Å². The molecule has 1 aliphatic heterocycles. The SMILES string of the molecule is CCNC1CCOCC1Oc1ccc(F)c(C)c1. The van der Waals surface area contributed by atoms with Crippen molar-refractivity contribution in [3.05, 3.63) is 29.6 Å². The predicted octanol–water partition coefficient (Wildman–Crippen LogP) is 2.28. The molecule has 0 aromatic heterocycles. The molecule has 1 aromatic carbocycles. The first-order chi connectivity index (χ1) is 8.70. The molecule has 4 heteroatoms. The van der Waals surface area contributed by atoms with Crippen LogP contribution in [0.1, 0.15) is 18.9 Å². The Morgan fingerprint density at radius 2 is 2.33 bits per heavy atom. The zero-order valence-electron chi connectivity index (χ0n) is 10.9. The maximum atomic E-state index is 13.2. The fourth-order valence-electron chi connectivity index (χ4n) is 2.19. The van der Waals surface area contributed by atoms with Gasteiger partial charge in [0.1, 0.15) is 17.7 Å². The van der Waals surface area contributed by atoms with Gasteiger partial charge in [0.05, 0.1) is 6.61 Å². The second kappa shape index (κ2) is 6.16. The maximum Gasteiger partial charge on any atom is 0.137 e. The first kappa shape index (κ1) is 13.3. The van der Waals surface area contributed by atoms with Gasteiger partial charge in [0.15, 0.2) is 0 Å². The van der Waals surface area contributed by atoms with Gasteiger partial charge in [-0.2, -0.15) is 0 Å². The Morgan fingerprint density at radius 1 is 1.50 bits per heavy atom. The molecule has 0 amide bonds. The second-order valence-electron chi connectivity index (χ2n) is 4.60. The van der Waals surface area contributed by atoms with Crippen molar-refractivity contribution in [2.45, 2.75) is 32.4 Å². The lowest BCUT2D eigenvalue weighted by Gasteiger charge is -2.32. The van der Waals surface area contributed by atoms with Crippen molar-refractivity contribution in [3.63, 3.8) is 0 Å². The Balaban J connectivity index is 2.03. The minimum Gasteiger partial charge on any atom is -0.486 e. The van der Waals surface area contributed by atoms with E-state index in [9.17, 15) is 4.39 Å². The number of ether oxygens (including phenoxy) is 2. The van der Waals surface area contributed by atoms with E-state index < -0.39 is 0 Å². The predicted molar refractivity (Wildman–Crippen MR) is 68.5 cm³/mol. The summed E-state index contributed by atoms with van der Waals surface area (Å²) in [4.78, 5) is 0.